The molecule has 1 heterocycles. The first-order valence-corrected chi connectivity index (χ1v) is 10.9. The summed E-state index contributed by atoms with van der Waals surface area (Å²) in [6.07, 6.45) is 1.11. The van der Waals surface area contributed by atoms with E-state index in [0.29, 0.717) is 35.6 Å². The van der Waals surface area contributed by atoms with Gasteiger partial charge >= 0.3 is 0 Å². The minimum Gasteiger partial charge on any atom is -0.497 e. The van der Waals surface area contributed by atoms with Crippen LogP contribution < -0.4 is 15.4 Å². The molecule has 158 valence electrons. The highest BCUT2D eigenvalue weighted by Gasteiger charge is 2.44. The molecular weight excluding hydrogens is 454 g/mol. The summed E-state index contributed by atoms with van der Waals surface area (Å²) in [4.78, 5) is 15.4. The molecule has 6 heteroatoms. The molecule has 1 aliphatic heterocycles. The predicted octanol–water partition coefficient (Wildman–Crippen LogP) is 5.40. The molecular formula is C25H24BrN3O2. The molecule has 0 radical (unpaired) electrons. The molecule has 0 amide bonds. The molecule has 2 aliphatic rings. The molecule has 0 aromatic heterocycles. The summed E-state index contributed by atoms with van der Waals surface area (Å²) >= 11 is 3.52. The van der Waals surface area contributed by atoms with Gasteiger partial charge < -0.3 is 10.5 Å². The van der Waals surface area contributed by atoms with Gasteiger partial charge in [-0.05, 0) is 47.7 Å². The minimum absolute atomic E-state index is 0.0549. The third-order valence-corrected chi connectivity index (χ3v) is 6.37. The number of ether oxygens (including phenoxy) is 1. The quantitative estimate of drug-likeness (QED) is 0.639. The van der Waals surface area contributed by atoms with Gasteiger partial charge in [0.05, 0.1) is 24.7 Å². The van der Waals surface area contributed by atoms with Gasteiger partial charge in [0, 0.05) is 27.9 Å². The lowest BCUT2D eigenvalue weighted by molar-refractivity contribution is -0.118. The number of hydrogen-bond donors (Lipinski definition) is 1. The SMILES string of the molecule is COc1cccc([C@@H]2C(C#N)=C(N)N(c3cccc(Br)c3)C3=C2C(=O)CC(C)(C)C3)c1. The molecule has 4 rings (SSSR count). The van der Waals surface area contributed by atoms with Crippen molar-refractivity contribution in [2.24, 2.45) is 11.1 Å². The van der Waals surface area contributed by atoms with Crippen LogP contribution in [0.25, 0.3) is 0 Å². The Morgan fingerprint density at radius 1 is 1.19 bits per heavy atom. The second-order valence-corrected chi connectivity index (χ2v) is 9.65. The van der Waals surface area contributed by atoms with E-state index in [1.165, 1.54) is 0 Å². The number of nitrogens with zero attached hydrogens (tertiary/aromatic N) is 2. The van der Waals surface area contributed by atoms with Crippen LogP contribution in [0.5, 0.6) is 5.75 Å². The highest BCUT2D eigenvalue weighted by Crippen LogP contribution is 2.50. The zero-order chi connectivity index (χ0) is 22.3. The largest absolute Gasteiger partial charge is 0.497 e. The van der Waals surface area contributed by atoms with Crippen LogP contribution in [0.4, 0.5) is 5.69 Å². The fourth-order valence-corrected chi connectivity index (χ4v) is 4.96. The van der Waals surface area contributed by atoms with Crippen LogP contribution in [-0.2, 0) is 4.79 Å². The van der Waals surface area contributed by atoms with E-state index in [9.17, 15) is 10.1 Å². The number of carbonyl (C=O) groups excluding carboxylic acids is 1. The van der Waals surface area contributed by atoms with Crippen molar-refractivity contribution in [2.75, 3.05) is 12.0 Å². The number of benzene rings is 2. The van der Waals surface area contributed by atoms with Crippen molar-refractivity contribution in [3.63, 3.8) is 0 Å². The first-order chi connectivity index (χ1) is 14.8. The average molecular weight is 478 g/mol. The molecule has 0 unspecified atom stereocenters. The number of methoxy groups -OCH3 is 1. The van der Waals surface area contributed by atoms with Crippen LogP contribution >= 0.6 is 15.9 Å². The molecule has 0 spiro atoms. The maximum Gasteiger partial charge on any atom is 0.162 e. The summed E-state index contributed by atoms with van der Waals surface area (Å²) in [7, 11) is 1.60. The van der Waals surface area contributed by atoms with E-state index in [0.717, 1.165) is 21.4 Å². The third-order valence-electron chi connectivity index (χ3n) is 5.87. The van der Waals surface area contributed by atoms with Crippen molar-refractivity contribution in [3.05, 3.63) is 81.2 Å². The van der Waals surface area contributed by atoms with E-state index in [1.807, 2.05) is 53.4 Å². The Hall–Kier alpha value is -3.04. The number of nitriles is 1. The molecule has 0 saturated carbocycles. The molecule has 1 atom stereocenters. The van der Waals surface area contributed by atoms with E-state index in [4.69, 9.17) is 10.5 Å². The van der Waals surface area contributed by atoms with Gasteiger partial charge in [-0.3, -0.25) is 9.69 Å². The van der Waals surface area contributed by atoms with Gasteiger partial charge in [-0.15, -0.1) is 0 Å². The number of hydrogen-bond acceptors (Lipinski definition) is 5. The zero-order valence-corrected chi connectivity index (χ0v) is 19.4. The van der Waals surface area contributed by atoms with Gasteiger partial charge in [0.25, 0.3) is 0 Å². The number of anilines is 1. The Balaban J connectivity index is 2.00. The monoisotopic (exact) mass is 477 g/mol. The molecule has 5 nitrogen and oxygen atoms in total. The van der Waals surface area contributed by atoms with Gasteiger partial charge in [-0.25, -0.2) is 0 Å². The van der Waals surface area contributed by atoms with Crippen LogP contribution in [0.1, 0.15) is 38.2 Å². The lowest BCUT2D eigenvalue weighted by atomic mass is 9.68. The lowest BCUT2D eigenvalue weighted by Gasteiger charge is -2.43. The number of nitrogens with two attached hydrogens (primary N) is 1. The molecule has 0 fully saturated rings. The normalized spacial score (nSPS) is 20.4. The molecule has 31 heavy (non-hydrogen) atoms. The molecule has 0 saturated heterocycles. The highest BCUT2D eigenvalue weighted by molar-refractivity contribution is 9.10. The van der Waals surface area contributed by atoms with E-state index in [1.54, 1.807) is 7.11 Å². The molecule has 2 aromatic rings. The van der Waals surface area contributed by atoms with Crippen LogP contribution in [-0.4, -0.2) is 12.9 Å². The number of halogens is 1. The number of rotatable bonds is 3. The summed E-state index contributed by atoms with van der Waals surface area (Å²) in [6.45, 7) is 4.18. The smallest absolute Gasteiger partial charge is 0.162 e. The van der Waals surface area contributed by atoms with Gasteiger partial charge in [0.15, 0.2) is 5.78 Å². The Labute approximate surface area is 190 Å². The third kappa shape index (κ3) is 3.75. The van der Waals surface area contributed by atoms with Crippen molar-refractivity contribution >= 4 is 27.4 Å². The lowest BCUT2D eigenvalue weighted by Crippen LogP contribution is -2.42. The fourth-order valence-electron chi connectivity index (χ4n) is 4.57. The Kier molecular flexibility index (Phi) is 5.40. The van der Waals surface area contributed by atoms with Gasteiger partial charge in [-0.1, -0.05) is 48.0 Å². The van der Waals surface area contributed by atoms with Gasteiger partial charge in [0.1, 0.15) is 11.6 Å². The summed E-state index contributed by atoms with van der Waals surface area (Å²) < 4.78 is 6.29. The van der Waals surface area contributed by atoms with E-state index < -0.39 is 5.92 Å². The molecule has 2 N–H and O–H groups in total. The average Bonchev–Trinajstić information content (AvgIpc) is 2.72. The highest BCUT2D eigenvalue weighted by atomic mass is 79.9. The summed E-state index contributed by atoms with van der Waals surface area (Å²) in [6, 6.07) is 17.6. The fraction of sp³-hybridized carbons (Fsp3) is 0.280. The van der Waals surface area contributed by atoms with Crippen molar-refractivity contribution in [1.29, 1.82) is 5.26 Å². The molecule has 2 aromatic carbocycles. The number of ketones is 1. The first-order valence-electron chi connectivity index (χ1n) is 10.1. The maximum atomic E-state index is 13.5. The standard InChI is InChI=1S/C25H24BrN3O2/c1-25(2)12-20-23(21(30)13-25)22(15-6-4-9-18(10-15)31-3)19(14-27)24(28)29(20)17-8-5-7-16(26)11-17/h4-11,22H,12-13,28H2,1-3H3/t22-/m1/s1. The van der Waals surface area contributed by atoms with Crippen molar-refractivity contribution in [3.8, 4) is 11.8 Å². The summed E-state index contributed by atoms with van der Waals surface area (Å²) in [5.74, 6) is 0.576. The Morgan fingerprint density at radius 2 is 1.94 bits per heavy atom. The molecule has 0 bridgehead atoms. The second-order valence-electron chi connectivity index (χ2n) is 8.74. The zero-order valence-electron chi connectivity index (χ0n) is 17.8. The van der Waals surface area contributed by atoms with Crippen molar-refractivity contribution in [1.82, 2.24) is 0 Å². The Morgan fingerprint density at radius 3 is 2.61 bits per heavy atom. The Bertz CT molecular complexity index is 1170. The van der Waals surface area contributed by atoms with Gasteiger partial charge in [0.2, 0.25) is 0 Å². The number of Topliss-reactive ketones (excluding diaryl/α,β-unsaturated/α-hetero) is 1. The predicted molar refractivity (Wildman–Crippen MR) is 124 cm³/mol. The second kappa shape index (κ2) is 7.90. The van der Waals surface area contributed by atoms with Crippen molar-refractivity contribution in [2.45, 2.75) is 32.6 Å². The topological polar surface area (TPSA) is 79.3 Å². The number of carbonyl (C=O) groups is 1. The number of allylic oxidation sites excluding steroid dienone is 3. The maximum absolute atomic E-state index is 13.5. The van der Waals surface area contributed by atoms with Crippen LogP contribution in [0.3, 0.4) is 0 Å². The first kappa shape index (κ1) is 21.2. The van der Waals surface area contributed by atoms with Crippen LogP contribution in [0.2, 0.25) is 0 Å². The minimum atomic E-state index is -0.512. The molecule has 1 aliphatic carbocycles. The van der Waals surface area contributed by atoms with Crippen molar-refractivity contribution < 1.29 is 9.53 Å². The van der Waals surface area contributed by atoms with Crippen LogP contribution in [0.15, 0.2) is 75.7 Å². The van der Waals surface area contributed by atoms with E-state index >= 15 is 0 Å². The van der Waals surface area contributed by atoms with Crippen LogP contribution in [0, 0.1) is 16.7 Å². The van der Waals surface area contributed by atoms with Gasteiger partial charge in [-0.2, -0.15) is 5.26 Å². The summed E-state index contributed by atoms with van der Waals surface area (Å²) in [5.41, 5.74) is 9.98. The van der Waals surface area contributed by atoms with E-state index in [-0.39, 0.29) is 11.2 Å². The summed E-state index contributed by atoms with van der Waals surface area (Å²) in [5, 5.41) is 10.1. The van der Waals surface area contributed by atoms with E-state index in [2.05, 4.69) is 35.8 Å².